The van der Waals surface area contributed by atoms with Crippen molar-refractivity contribution in [2.45, 2.75) is 27.3 Å². The fourth-order valence-corrected chi connectivity index (χ4v) is 4.32. The summed E-state index contributed by atoms with van der Waals surface area (Å²) in [5.74, 6) is 0.0788. The van der Waals surface area contributed by atoms with E-state index < -0.39 is 0 Å². The van der Waals surface area contributed by atoms with E-state index in [9.17, 15) is 14.4 Å². The number of rotatable bonds is 5. The maximum absolute atomic E-state index is 13.5. The number of benzene rings is 1. The predicted molar refractivity (Wildman–Crippen MR) is 128 cm³/mol. The van der Waals surface area contributed by atoms with Gasteiger partial charge in [-0.15, -0.1) is 0 Å². The Bertz CT molecular complexity index is 1240. The third kappa shape index (κ3) is 4.46. The Hall–Kier alpha value is -3.68. The van der Waals surface area contributed by atoms with Gasteiger partial charge in [0, 0.05) is 45.1 Å². The Labute approximate surface area is 192 Å². The maximum Gasteiger partial charge on any atom is 0.335 e. The fraction of sp³-hybridized carbons (Fsp3) is 0.360. The first-order chi connectivity index (χ1) is 15.9. The molecule has 0 spiro atoms. The van der Waals surface area contributed by atoms with Crippen LogP contribution in [0.25, 0.3) is 5.69 Å². The van der Waals surface area contributed by atoms with E-state index in [0.717, 1.165) is 5.69 Å². The van der Waals surface area contributed by atoms with Crippen molar-refractivity contribution in [3.63, 3.8) is 0 Å². The topological polar surface area (TPSA) is 80.4 Å². The first-order valence-corrected chi connectivity index (χ1v) is 11.2. The van der Waals surface area contributed by atoms with E-state index >= 15 is 0 Å². The van der Waals surface area contributed by atoms with Crippen LogP contribution in [0.5, 0.6) is 0 Å². The van der Waals surface area contributed by atoms with E-state index in [1.807, 2.05) is 56.0 Å². The van der Waals surface area contributed by atoms with Gasteiger partial charge < -0.3 is 9.80 Å². The number of aromatic nitrogens is 3. The van der Waals surface area contributed by atoms with Gasteiger partial charge in [-0.25, -0.2) is 4.79 Å². The summed E-state index contributed by atoms with van der Waals surface area (Å²) in [6, 6.07) is 12.9. The lowest BCUT2D eigenvalue weighted by Crippen LogP contribution is -2.52. The lowest BCUT2D eigenvalue weighted by molar-refractivity contribution is 0.0746. The van der Waals surface area contributed by atoms with Crippen LogP contribution in [-0.4, -0.2) is 51.1 Å². The average Bonchev–Trinajstić information content (AvgIpc) is 2.83. The van der Waals surface area contributed by atoms with E-state index in [2.05, 4.69) is 4.98 Å². The molecule has 0 N–H and O–H groups in total. The number of para-hydroxylation sites is 1. The number of anilines is 1. The van der Waals surface area contributed by atoms with Gasteiger partial charge in [0.15, 0.2) is 0 Å². The van der Waals surface area contributed by atoms with E-state index in [1.54, 1.807) is 34.0 Å². The van der Waals surface area contributed by atoms with Crippen molar-refractivity contribution >= 4 is 11.6 Å². The van der Waals surface area contributed by atoms with E-state index in [4.69, 9.17) is 0 Å². The van der Waals surface area contributed by atoms with Crippen LogP contribution in [0.1, 0.15) is 29.9 Å². The molecule has 0 aliphatic carbocycles. The highest BCUT2D eigenvalue weighted by Crippen LogP contribution is 2.20. The van der Waals surface area contributed by atoms with Crippen LogP contribution < -0.4 is 16.1 Å². The van der Waals surface area contributed by atoms with Crippen molar-refractivity contribution in [1.29, 1.82) is 0 Å². The molecule has 33 heavy (non-hydrogen) atoms. The zero-order chi connectivity index (χ0) is 23.5. The van der Waals surface area contributed by atoms with E-state index in [0.29, 0.717) is 49.7 Å². The Kier molecular flexibility index (Phi) is 6.44. The monoisotopic (exact) mass is 447 g/mol. The van der Waals surface area contributed by atoms with E-state index in [-0.39, 0.29) is 23.1 Å². The van der Waals surface area contributed by atoms with Gasteiger partial charge in [-0.2, -0.15) is 0 Å². The molecule has 1 aliphatic rings. The second kappa shape index (κ2) is 9.44. The molecule has 8 heteroatoms. The summed E-state index contributed by atoms with van der Waals surface area (Å²) in [5, 5.41) is 0. The number of hydrogen-bond donors (Lipinski definition) is 0. The summed E-state index contributed by atoms with van der Waals surface area (Å²) >= 11 is 0. The molecule has 1 fully saturated rings. The van der Waals surface area contributed by atoms with Crippen molar-refractivity contribution in [1.82, 2.24) is 19.0 Å². The smallest absolute Gasteiger partial charge is 0.335 e. The molecule has 3 aromatic rings. The summed E-state index contributed by atoms with van der Waals surface area (Å²) in [6.45, 7) is 8.13. The van der Waals surface area contributed by atoms with Crippen molar-refractivity contribution in [3.05, 3.63) is 87.0 Å². The molecule has 2 aromatic heterocycles. The van der Waals surface area contributed by atoms with Crippen molar-refractivity contribution in [2.75, 3.05) is 31.1 Å². The Morgan fingerprint density at radius 3 is 2.30 bits per heavy atom. The van der Waals surface area contributed by atoms with Gasteiger partial charge in [-0.1, -0.05) is 32.0 Å². The van der Waals surface area contributed by atoms with Gasteiger partial charge in [-0.3, -0.25) is 23.7 Å². The van der Waals surface area contributed by atoms with Crippen LogP contribution in [0, 0.1) is 12.8 Å². The number of hydrogen-bond acceptors (Lipinski definition) is 5. The normalized spacial score (nSPS) is 14.1. The highest BCUT2D eigenvalue weighted by atomic mass is 16.2. The molecule has 0 saturated carbocycles. The highest BCUT2D eigenvalue weighted by Gasteiger charge is 2.27. The summed E-state index contributed by atoms with van der Waals surface area (Å²) in [7, 11) is 0. The van der Waals surface area contributed by atoms with Gasteiger partial charge in [0.25, 0.3) is 11.5 Å². The number of carbonyl (C=O) groups excluding carboxylic acids is 1. The Balaban J connectivity index is 1.70. The van der Waals surface area contributed by atoms with Crippen LogP contribution in [0.15, 0.2) is 64.4 Å². The van der Waals surface area contributed by atoms with Gasteiger partial charge in [0.2, 0.25) is 0 Å². The molecular formula is C25H29N5O3. The molecule has 3 heterocycles. The first kappa shape index (κ1) is 22.5. The zero-order valence-electron chi connectivity index (χ0n) is 19.3. The largest absolute Gasteiger partial charge is 0.362 e. The third-order valence-corrected chi connectivity index (χ3v) is 5.90. The first-order valence-electron chi connectivity index (χ1n) is 11.2. The third-order valence-electron chi connectivity index (χ3n) is 5.90. The van der Waals surface area contributed by atoms with Gasteiger partial charge >= 0.3 is 5.69 Å². The van der Waals surface area contributed by atoms with E-state index in [1.165, 1.54) is 4.57 Å². The van der Waals surface area contributed by atoms with Crippen molar-refractivity contribution in [2.24, 2.45) is 5.92 Å². The molecule has 1 saturated heterocycles. The highest BCUT2D eigenvalue weighted by molar-refractivity contribution is 5.94. The molecule has 0 unspecified atom stereocenters. The molecule has 1 aromatic carbocycles. The maximum atomic E-state index is 13.5. The number of amides is 1. The van der Waals surface area contributed by atoms with Gasteiger partial charge in [0.05, 0.1) is 16.9 Å². The molecule has 1 amide bonds. The van der Waals surface area contributed by atoms with Crippen LogP contribution in [0.2, 0.25) is 0 Å². The van der Waals surface area contributed by atoms with Crippen LogP contribution in [0.4, 0.5) is 5.69 Å². The minimum atomic E-state index is -0.327. The summed E-state index contributed by atoms with van der Waals surface area (Å²) in [5.41, 5.74) is 1.82. The minimum absolute atomic E-state index is 0.0639. The van der Waals surface area contributed by atoms with Crippen LogP contribution in [-0.2, 0) is 6.54 Å². The molecule has 0 radical (unpaired) electrons. The predicted octanol–water partition coefficient (Wildman–Crippen LogP) is 2.32. The van der Waals surface area contributed by atoms with Gasteiger partial charge in [0.1, 0.15) is 5.69 Å². The fourth-order valence-electron chi connectivity index (χ4n) is 4.32. The molecular weight excluding hydrogens is 418 g/mol. The molecule has 0 bridgehead atoms. The quantitative estimate of drug-likeness (QED) is 0.600. The van der Waals surface area contributed by atoms with Gasteiger partial charge in [-0.05, 0) is 37.1 Å². The number of nitrogens with zero attached hydrogens (tertiary/aromatic N) is 5. The molecule has 8 nitrogen and oxygen atoms in total. The van der Waals surface area contributed by atoms with Crippen LogP contribution in [0.3, 0.4) is 0 Å². The number of pyridine rings is 1. The van der Waals surface area contributed by atoms with Crippen LogP contribution >= 0.6 is 0 Å². The summed E-state index contributed by atoms with van der Waals surface area (Å²) in [4.78, 5) is 47.4. The molecule has 1 aliphatic heterocycles. The minimum Gasteiger partial charge on any atom is -0.362 e. The lowest BCUT2D eigenvalue weighted by atomic mass is 10.2. The molecule has 4 rings (SSSR count). The standard InChI is InChI=1S/C25H29N5O3/c1-18(2)17-29-24(32)22(19(3)30(25(29)33)21-9-5-4-6-10-21)27-12-14-28(15-13-27)23(31)20-8-7-11-26-16-20/h4-11,16,18H,12-15,17H2,1-3H3. The lowest BCUT2D eigenvalue weighted by Gasteiger charge is -2.36. The second-order valence-corrected chi connectivity index (χ2v) is 8.72. The summed E-state index contributed by atoms with van der Waals surface area (Å²) < 4.78 is 2.96. The SMILES string of the molecule is Cc1c(N2CCN(C(=O)c3cccnc3)CC2)c(=O)n(CC(C)C)c(=O)n1-c1ccccc1. The number of piperazine rings is 1. The number of carbonyl (C=O) groups is 1. The molecule has 0 atom stereocenters. The zero-order valence-corrected chi connectivity index (χ0v) is 19.3. The summed E-state index contributed by atoms with van der Waals surface area (Å²) in [6.07, 6.45) is 3.21. The average molecular weight is 448 g/mol. The Morgan fingerprint density at radius 2 is 1.70 bits per heavy atom. The van der Waals surface area contributed by atoms with Crippen molar-refractivity contribution in [3.8, 4) is 5.69 Å². The molecule has 172 valence electrons. The Morgan fingerprint density at radius 1 is 1.00 bits per heavy atom. The van der Waals surface area contributed by atoms with Crippen molar-refractivity contribution < 1.29 is 4.79 Å². The second-order valence-electron chi connectivity index (χ2n) is 8.72.